The second-order valence-corrected chi connectivity index (χ2v) is 37.3. The summed E-state index contributed by atoms with van der Waals surface area (Å²) in [5.41, 5.74) is 18.5. The Morgan fingerprint density at radius 3 is 1.79 bits per heavy atom. The number of fused-ring (bicyclic) bond motifs is 1. The number of Topliss-reactive ketones (excluding diaryl/α,β-unsaturated/α-hetero) is 1. The van der Waals surface area contributed by atoms with Crippen molar-refractivity contribution >= 4 is 141 Å². The summed E-state index contributed by atoms with van der Waals surface area (Å²) in [7, 11) is 0. The molecule has 1 aromatic carbocycles. The molecule has 0 radical (unpaired) electrons. The van der Waals surface area contributed by atoms with Crippen molar-refractivity contribution in [1.29, 1.82) is 10.8 Å². The number of aromatic nitrogens is 5. The van der Waals surface area contributed by atoms with Crippen LogP contribution in [-0.2, 0) is 113 Å². The Morgan fingerprint density at radius 1 is 0.561 bits per heavy atom. The highest BCUT2D eigenvalue weighted by Crippen LogP contribution is 2.29. The number of unbranched alkanes of at least 4 members (excludes halogenated alkanes) is 14. The highest BCUT2D eigenvalue weighted by atomic mass is 16.5. The van der Waals surface area contributed by atoms with Gasteiger partial charge in [-0.3, -0.25) is 112 Å². The molecule has 2 aromatic heterocycles. The molecule has 11 atom stereocenters. The molecule has 0 aliphatic carbocycles. The van der Waals surface area contributed by atoms with E-state index in [0.29, 0.717) is 41.5 Å². The van der Waals surface area contributed by atoms with E-state index in [1.807, 2.05) is 0 Å². The number of primary amides is 1. The standard InChI is InChI=1S/C96H150N28O24/c1-60(125)109-73-53-63(126)28-21-33-70(114-89(141)71(51-61-55-107-65-30-16-15-29-64(61)65)115-86(138)67(34-23-42-105-95(98)99)110-79(128)56-108-85(137)72(116-90(73)142)52-62-27-22-41-102-62)93(145)124-47-26-37-76(124)94(146)123-46-25-36-75(123)92(144)113-69(35-24-43-106-96(100)101)88(140)117-74(54-81(130)131)91(143)112-68(32-18-20-45-122(57-82(132)133)58-83(134)135)87(139)111-66(84(97)136)31-17-19-40-103-80(129)59-148-50-49-147-48-44-104-78(127)39-14-12-10-8-6-4-2-3-5-7-9-11-13-38-77-118-120-121-119-77/h15-16,27,29-30,41,55,66-76,107H,2-14,17-26,28,31-40,42-54,56-59H2,1H3,(H2,97,136)(H,103,129)(H,104,127)(H,108,137)(H,109,125)(H,110,128)(H,111,139)(H,112,143)(H,113,144)(H,114,141)(H,115,138)(H,116,142)(H,117,140)(H,130,131)(H,132,133)(H,134,135)(H4,98,99,105)(H4,100,101,106)(H,118,119,120,121)/t66-,67-,68-,69-,70-,71-,72-,73-,74-,75-,76-/m0/s1. The highest BCUT2D eigenvalue weighted by molar-refractivity contribution is 6.01. The fourth-order valence-corrected chi connectivity index (χ4v) is 17.8. The predicted molar refractivity (Wildman–Crippen MR) is 536 cm³/mol. The van der Waals surface area contributed by atoms with E-state index in [0.717, 1.165) is 56.2 Å². The van der Waals surface area contributed by atoms with Gasteiger partial charge in [-0.05, 0) is 144 Å². The van der Waals surface area contributed by atoms with E-state index >= 15 is 14.4 Å². The number of aryl methyl sites for hydroxylation is 1. The van der Waals surface area contributed by atoms with E-state index in [4.69, 9.17) is 37.5 Å². The van der Waals surface area contributed by atoms with Gasteiger partial charge in [-0.15, -0.1) is 5.10 Å². The number of ether oxygens (including phenoxy) is 2. The Bertz CT molecular complexity index is 4960. The van der Waals surface area contributed by atoms with Crippen molar-refractivity contribution in [1.82, 2.24) is 115 Å². The fraction of sp³-hybridized carbons (Fsp3) is 0.656. The van der Waals surface area contributed by atoms with Crippen LogP contribution < -0.4 is 91.6 Å². The molecule has 3 fully saturated rings. The Morgan fingerprint density at radius 2 is 1.14 bits per heavy atom. The molecule has 0 bridgehead atoms. The number of carbonyl (C=O) groups excluding carboxylic acids is 16. The molecule has 4 aliphatic heterocycles. The number of aliphatic imine (C=N–C) groups is 1. The largest absolute Gasteiger partial charge is 0.481 e. The highest BCUT2D eigenvalue weighted by Gasteiger charge is 2.46. The van der Waals surface area contributed by atoms with Crippen LogP contribution in [0.15, 0.2) is 47.2 Å². The van der Waals surface area contributed by atoms with Gasteiger partial charge in [0.1, 0.15) is 84.7 Å². The molecule has 0 spiro atoms. The summed E-state index contributed by atoms with van der Waals surface area (Å²) in [5.74, 6) is -18.0. The first-order chi connectivity index (χ1) is 71.0. The number of nitrogens with two attached hydrogens (primary N) is 3. The van der Waals surface area contributed by atoms with Crippen LogP contribution in [0, 0.1) is 10.8 Å². The van der Waals surface area contributed by atoms with Crippen LogP contribution in [0.3, 0.4) is 0 Å². The van der Waals surface area contributed by atoms with Gasteiger partial charge in [0.25, 0.3) is 0 Å². The van der Waals surface area contributed by atoms with E-state index in [2.05, 4.69) is 105 Å². The van der Waals surface area contributed by atoms with E-state index in [1.54, 1.807) is 42.8 Å². The molecule has 15 amide bonds. The minimum Gasteiger partial charge on any atom is -0.481 e. The lowest BCUT2D eigenvalue weighted by atomic mass is 9.99. The van der Waals surface area contributed by atoms with Gasteiger partial charge in [0.2, 0.25) is 88.6 Å². The number of tetrazole rings is 1. The Kier molecular flexibility index (Phi) is 54.5. The zero-order valence-corrected chi connectivity index (χ0v) is 84.2. The molecule has 148 heavy (non-hydrogen) atoms. The minimum absolute atomic E-state index is 0.00255. The lowest BCUT2D eigenvalue weighted by molar-refractivity contribution is -0.148. The topological polar surface area (TPSA) is 790 Å². The molecule has 0 unspecified atom stereocenters. The van der Waals surface area contributed by atoms with Gasteiger partial charge >= 0.3 is 17.9 Å². The van der Waals surface area contributed by atoms with Gasteiger partial charge < -0.3 is 131 Å². The molecule has 52 nitrogen and oxygen atoms in total. The van der Waals surface area contributed by atoms with Crippen LogP contribution in [0.4, 0.5) is 0 Å². The molecule has 6 heterocycles. The number of allylic oxidation sites excluding steroid dienone is 1. The summed E-state index contributed by atoms with van der Waals surface area (Å²) in [6.07, 6.45) is 18.2. The first-order valence-electron chi connectivity index (χ1n) is 51.1. The number of nitrogens with zero attached hydrogens (tertiary/aromatic N) is 7. The molecule has 818 valence electrons. The summed E-state index contributed by atoms with van der Waals surface area (Å²) in [6.45, 7) is -0.901. The normalized spacial score (nSPS) is 18.8. The molecular formula is C96H150N28O24. The molecule has 52 heteroatoms. The second kappa shape index (κ2) is 66.8. The number of hydrogen-bond acceptors (Lipinski definition) is 28. The Hall–Kier alpha value is -14.2. The minimum atomic E-state index is -2.06. The molecule has 4 aliphatic rings. The zero-order valence-electron chi connectivity index (χ0n) is 84.2. The maximum atomic E-state index is 15.6. The Balaban J connectivity index is 0.992. The van der Waals surface area contributed by atoms with E-state index in [9.17, 15) is 92.0 Å². The number of carboxylic acids is 3. The van der Waals surface area contributed by atoms with Crippen molar-refractivity contribution in [3.63, 3.8) is 0 Å². The van der Waals surface area contributed by atoms with E-state index in [-0.39, 0.29) is 187 Å². The number of ketones is 1. The van der Waals surface area contributed by atoms with Gasteiger partial charge in [-0.1, -0.05) is 94.9 Å². The van der Waals surface area contributed by atoms with Gasteiger partial charge in [-0.25, -0.2) is 5.10 Å². The van der Waals surface area contributed by atoms with Crippen LogP contribution in [0.25, 0.3) is 10.9 Å². The van der Waals surface area contributed by atoms with Crippen molar-refractivity contribution in [3.8, 4) is 0 Å². The lowest BCUT2D eigenvalue weighted by Crippen LogP contribution is -2.60. The number of carbonyl (C=O) groups is 19. The number of aromatic amines is 2. The van der Waals surface area contributed by atoms with E-state index in [1.165, 1.54) is 61.2 Å². The monoisotopic (exact) mass is 2080 g/mol. The zero-order chi connectivity index (χ0) is 108. The number of amides is 15. The summed E-state index contributed by atoms with van der Waals surface area (Å²) in [6, 6.07) is -10.2. The number of guanidine groups is 2. The summed E-state index contributed by atoms with van der Waals surface area (Å²) < 4.78 is 11.0. The number of aliphatic carboxylic acids is 3. The third kappa shape index (κ3) is 46.2. The summed E-state index contributed by atoms with van der Waals surface area (Å²) in [5, 5.41) is 95.7. The number of carboxylic acid groups (broad SMARTS) is 3. The van der Waals surface area contributed by atoms with Gasteiger partial charge in [0.15, 0.2) is 11.9 Å². The van der Waals surface area contributed by atoms with Crippen LogP contribution in [0.1, 0.15) is 243 Å². The van der Waals surface area contributed by atoms with Crippen LogP contribution in [0.5, 0.6) is 0 Å². The van der Waals surface area contributed by atoms with Crippen molar-refractivity contribution in [2.75, 3.05) is 91.9 Å². The molecule has 3 saturated heterocycles. The van der Waals surface area contributed by atoms with Crippen molar-refractivity contribution in [2.24, 2.45) is 22.2 Å². The second-order valence-electron chi connectivity index (χ2n) is 37.3. The van der Waals surface area contributed by atoms with E-state index < -0.39 is 224 Å². The third-order valence-corrected chi connectivity index (χ3v) is 25.4. The maximum absolute atomic E-state index is 15.6. The molecule has 0 saturated carbocycles. The average Bonchev–Trinajstić information content (AvgIpc) is 1.65. The summed E-state index contributed by atoms with van der Waals surface area (Å²) in [4.78, 5) is 274. The quantitative estimate of drug-likeness (QED) is 0.0163. The number of nitrogens with one attached hydrogen (secondary N) is 18. The fourth-order valence-electron chi connectivity index (χ4n) is 17.8. The predicted octanol–water partition coefficient (Wildman–Crippen LogP) is -2.14. The molecule has 3 aromatic rings. The third-order valence-electron chi connectivity index (χ3n) is 25.4. The number of para-hydroxylation sites is 1. The molecule has 27 N–H and O–H groups in total. The number of rotatable bonds is 64. The van der Waals surface area contributed by atoms with Crippen molar-refractivity contribution in [2.45, 2.75) is 311 Å². The van der Waals surface area contributed by atoms with Gasteiger partial charge in [0, 0.05) is 120 Å². The summed E-state index contributed by atoms with van der Waals surface area (Å²) >= 11 is 0. The maximum Gasteiger partial charge on any atom is 0.317 e. The van der Waals surface area contributed by atoms with Crippen LogP contribution >= 0.6 is 0 Å². The van der Waals surface area contributed by atoms with Crippen LogP contribution in [-0.4, -0.2) is 344 Å². The molecule has 7 rings (SSSR count). The number of hydrogen-bond donors (Lipinski definition) is 24. The SMILES string of the molecule is CC(=O)N[C@H]1CC(=O)CCC[C@@H](C(=O)N2CCC[C@H]2C(=O)N2CCC[C@H]2C(=O)N[C@@H](CCCNC(=N)N)C(=O)N[C@@H](CC(=O)O)C(=O)N[C@@H](CCCCN(CC(=O)O)CC(=O)O)C(=O)N[C@@H](CCCCNC(=O)COCCOCCNC(=O)CCCCCCCCCCCCCCCc2nnn[nH]2)C(N)=O)NC(=O)[C@H](Cc2c[nH]c3ccccc23)NC(=O)[C@H](CCCNC(=N)N)NC(=O)CNC(=O)[C@H](CC2=CCC=N2)NC1=O. The van der Waals surface area contributed by atoms with Crippen LogP contribution in [0.2, 0.25) is 0 Å². The van der Waals surface area contributed by atoms with Gasteiger partial charge in [0.05, 0.1) is 45.9 Å². The lowest BCUT2D eigenvalue weighted by Gasteiger charge is -2.34. The smallest absolute Gasteiger partial charge is 0.317 e. The van der Waals surface area contributed by atoms with Gasteiger partial charge in [-0.2, -0.15) is 0 Å². The number of likely N-dealkylation sites (tertiary alicyclic amines) is 2. The van der Waals surface area contributed by atoms with Crippen molar-refractivity contribution in [3.05, 3.63) is 53.6 Å². The first-order valence-corrected chi connectivity index (χ1v) is 51.1. The average molecular weight is 2080 g/mol. The number of H-pyrrole nitrogens is 2. The van der Waals surface area contributed by atoms with Crippen molar-refractivity contribution < 1.29 is 116 Å². The first kappa shape index (κ1) is 121. The Labute approximate surface area is 857 Å². The molecular weight excluding hydrogens is 1930 g/mol. The number of benzene rings is 1.